The molecule has 10 rings (SSSR count). The fourth-order valence-corrected chi connectivity index (χ4v) is 7.79. The Morgan fingerprint density at radius 2 is 0.769 bits per heavy atom. The smallest absolute Gasteiger partial charge is 0.137 e. The van der Waals surface area contributed by atoms with Crippen molar-refractivity contribution >= 4 is 60.5 Å². The fourth-order valence-electron chi connectivity index (χ4n) is 7.79. The van der Waals surface area contributed by atoms with Crippen LogP contribution in [0.1, 0.15) is 0 Å². The lowest BCUT2D eigenvalue weighted by Gasteiger charge is -2.26. The fraction of sp³-hybridized carbons (Fsp3) is 0. The number of hydrogen-bond acceptors (Lipinski definition) is 2. The molecule has 0 aliphatic heterocycles. The van der Waals surface area contributed by atoms with Crippen molar-refractivity contribution in [2.24, 2.45) is 0 Å². The van der Waals surface area contributed by atoms with Crippen molar-refractivity contribution in [2.45, 2.75) is 0 Å². The molecular weight excluding hydrogens is 631 g/mol. The van der Waals surface area contributed by atoms with Gasteiger partial charge in [0.2, 0.25) is 0 Å². The van der Waals surface area contributed by atoms with Gasteiger partial charge in [0.05, 0.1) is 0 Å². The second kappa shape index (κ2) is 12.5. The highest BCUT2D eigenvalue weighted by Gasteiger charge is 2.17. The second-order valence-corrected chi connectivity index (χ2v) is 13.3. The zero-order valence-corrected chi connectivity index (χ0v) is 28.4. The molecule has 244 valence electrons. The lowest BCUT2D eigenvalue weighted by molar-refractivity contribution is 0.669. The molecule has 0 radical (unpaired) electrons. The number of nitrogens with zero attached hydrogens (tertiary/aromatic N) is 1. The molecule has 52 heavy (non-hydrogen) atoms. The first-order valence-electron chi connectivity index (χ1n) is 17.8. The Hall–Kier alpha value is -6.90. The molecule has 0 fully saturated rings. The molecule has 0 aliphatic rings. The van der Waals surface area contributed by atoms with Crippen LogP contribution in [-0.2, 0) is 0 Å². The zero-order valence-electron chi connectivity index (χ0n) is 28.4. The summed E-state index contributed by atoms with van der Waals surface area (Å²) in [5.74, 6) is 0. The van der Waals surface area contributed by atoms with E-state index in [1.807, 2.05) is 12.1 Å². The lowest BCUT2D eigenvalue weighted by Crippen LogP contribution is -2.10. The Morgan fingerprint density at radius 1 is 0.269 bits per heavy atom. The molecule has 0 unspecified atom stereocenters. The van der Waals surface area contributed by atoms with Crippen LogP contribution in [0.25, 0.3) is 76.9 Å². The molecule has 2 nitrogen and oxygen atoms in total. The van der Waals surface area contributed by atoms with E-state index in [4.69, 9.17) is 4.42 Å². The third-order valence-corrected chi connectivity index (χ3v) is 10.3. The molecule has 0 bridgehead atoms. The number of para-hydroxylation sites is 1. The van der Waals surface area contributed by atoms with Crippen molar-refractivity contribution in [3.63, 3.8) is 0 Å². The van der Waals surface area contributed by atoms with Crippen molar-refractivity contribution < 1.29 is 4.42 Å². The molecule has 2 heteroatoms. The van der Waals surface area contributed by atoms with Crippen LogP contribution in [0.5, 0.6) is 0 Å². The zero-order chi connectivity index (χ0) is 34.4. The Morgan fingerprint density at radius 3 is 1.50 bits per heavy atom. The van der Waals surface area contributed by atoms with Crippen molar-refractivity contribution in [1.82, 2.24) is 0 Å². The minimum Gasteiger partial charge on any atom is -0.456 e. The van der Waals surface area contributed by atoms with Gasteiger partial charge in [-0.1, -0.05) is 152 Å². The van der Waals surface area contributed by atoms with Crippen LogP contribution in [0, 0.1) is 0 Å². The molecule has 0 N–H and O–H groups in total. The van der Waals surface area contributed by atoms with Crippen LogP contribution in [0.15, 0.2) is 205 Å². The van der Waals surface area contributed by atoms with Crippen molar-refractivity contribution in [3.05, 3.63) is 200 Å². The Labute approximate surface area is 302 Å². The van der Waals surface area contributed by atoms with Crippen LogP contribution in [0.4, 0.5) is 17.1 Å². The summed E-state index contributed by atoms with van der Waals surface area (Å²) in [6.07, 6.45) is 0. The van der Waals surface area contributed by atoms with E-state index >= 15 is 0 Å². The van der Waals surface area contributed by atoms with Crippen molar-refractivity contribution in [3.8, 4) is 33.4 Å². The average Bonchev–Trinajstić information content (AvgIpc) is 3.59. The predicted molar refractivity (Wildman–Crippen MR) is 220 cm³/mol. The highest BCUT2D eigenvalue weighted by atomic mass is 16.3. The van der Waals surface area contributed by atoms with Gasteiger partial charge in [0, 0.05) is 33.9 Å². The summed E-state index contributed by atoms with van der Waals surface area (Å²) in [6.45, 7) is 0. The summed E-state index contributed by atoms with van der Waals surface area (Å²) in [6, 6.07) is 71.7. The van der Waals surface area contributed by atoms with Gasteiger partial charge in [-0.05, 0) is 97.4 Å². The summed E-state index contributed by atoms with van der Waals surface area (Å²) in [5.41, 5.74) is 12.2. The quantitative estimate of drug-likeness (QED) is 0.165. The van der Waals surface area contributed by atoms with E-state index in [2.05, 4.69) is 193 Å². The van der Waals surface area contributed by atoms with Gasteiger partial charge >= 0.3 is 0 Å². The highest BCUT2D eigenvalue weighted by molar-refractivity contribution is 6.15. The number of fused-ring (bicyclic) bond motifs is 6. The van der Waals surface area contributed by atoms with Gasteiger partial charge in [0.1, 0.15) is 11.2 Å². The molecule has 9 aromatic carbocycles. The van der Waals surface area contributed by atoms with Crippen molar-refractivity contribution in [1.29, 1.82) is 0 Å². The maximum atomic E-state index is 6.38. The number of furan rings is 1. The molecule has 0 atom stereocenters. The minimum absolute atomic E-state index is 0.872. The van der Waals surface area contributed by atoms with E-state index in [9.17, 15) is 0 Å². The number of hydrogen-bond donors (Lipinski definition) is 0. The average molecular weight is 664 g/mol. The minimum atomic E-state index is 0.872. The van der Waals surface area contributed by atoms with Crippen LogP contribution >= 0.6 is 0 Å². The molecule has 1 heterocycles. The number of benzene rings is 9. The molecular formula is C50H33NO. The Bertz CT molecular complexity index is 2890. The third kappa shape index (κ3) is 5.12. The highest BCUT2D eigenvalue weighted by Crippen LogP contribution is 2.42. The standard InChI is InChI=1S/C50H33NO/c1-3-12-34(13-4-1)35-24-26-38(27-25-35)51(40-28-29-48-47-18-7-8-23-49(47)52-50(48)33-40)39-17-9-16-37(32-39)42-20-11-22-44-43-21-10-19-41(36-14-5-2-6-15-36)45(43)30-31-46(42)44/h1-33H. The third-order valence-electron chi connectivity index (χ3n) is 10.3. The summed E-state index contributed by atoms with van der Waals surface area (Å²) in [4.78, 5) is 2.33. The summed E-state index contributed by atoms with van der Waals surface area (Å²) in [7, 11) is 0. The first-order valence-corrected chi connectivity index (χ1v) is 17.8. The van der Waals surface area contributed by atoms with Crippen LogP contribution in [0.3, 0.4) is 0 Å². The molecule has 1 aromatic heterocycles. The molecule has 0 saturated carbocycles. The molecule has 0 spiro atoms. The molecule has 0 amide bonds. The molecule has 0 aliphatic carbocycles. The first-order chi connectivity index (χ1) is 25.8. The molecule has 10 aromatic rings. The van der Waals surface area contributed by atoms with Gasteiger partial charge in [-0.15, -0.1) is 0 Å². The van der Waals surface area contributed by atoms with Crippen LogP contribution in [0.2, 0.25) is 0 Å². The van der Waals surface area contributed by atoms with E-state index < -0.39 is 0 Å². The first kappa shape index (κ1) is 30.0. The van der Waals surface area contributed by atoms with Gasteiger partial charge < -0.3 is 9.32 Å². The SMILES string of the molecule is c1ccc(-c2ccc(N(c3cccc(-c4cccc5c4ccc4c(-c6ccccc6)cccc45)c3)c3ccc4c(c3)oc3ccccc34)cc2)cc1. The van der Waals surface area contributed by atoms with Gasteiger partial charge in [-0.2, -0.15) is 0 Å². The second-order valence-electron chi connectivity index (χ2n) is 13.3. The number of anilines is 3. The monoisotopic (exact) mass is 663 g/mol. The maximum absolute atomic E-state index is 6.38. The summed E-state index contributed by atoms with van der Waals surface area (Å²) in [5, 5.41) is 7.26. The van der Waals surface area contributed by atoms with Gasteiger partial charge in [0.25, 0.3) is 0 Å². The Balaban J connectivity index is 1.12. The van der Waals surface area contributed by atoms with Crippen LogP contribution < -0.4 is 4.90 Å². The van der Waals surface area contributed by atoms with E-state index in [1.165, 1.54) is 49.4 Å². The predicted octanol–water partition coefficient (Wildman–Crippen LogP) is 14.4. The summed E-state index contributed by atoms with van der Waals surface area (Å²) < 4.78 is 6.38. The Kier molecular flexibility index (Phi) is 7.18. The van der Waals surface area contributed by atoms with E-state index in [1.54, 1.807) is 0 Å². The molecule has 0 saturated heterocycles. The topological polar surface area (TPSA) is 16.4 Å². The van der Waals surface area contributed by atoms with Crippen molar-refractivity contribution in [2.75, 3.05) is 4.90 Å². The lowest BCUT2D eigenvalue weighted by atomic mass is 9.91. The van der Waals surface area contributed by atoms with Gasteiger partial charge in [0.15, 0.2) is 0 Å². The van der Waals surface area contributed by atoms with Gasteiger partial charge in [-0.25, -0.2) is 0 Å². The largest absolute Gasteiger partial charge is 0.456 e. The normalized spacial score (nSPS) is 11.5. The van der Waals surface area contributed by atoms with E-state index in [0.29, 0.717) is 0 Å². The van der Waals surface area contributed by atoms with E-state index in [0.717, 1.165) is 44.6 Å². The maximum Gasteiger partial charge on any atom is 0.137 e. The van der Waals surface area contributed by atoms with Crippen LogP contribution in [-0.4, -0.2) is 0 Å². The summed E-state index contributed by atoms with van der Waals surface area (Å²) >= 11 is 0. The van der Waals surface area contributed by atoms with E-state index in [-0.39, 0.29) is 0 Å². The van der Waals surface area contributed by atoms with Gasteiger partial charge in [-0.3, -0.25) is 0 Å². The number of rotatable bonds is 6.